The van der Waals surface area contributed by atoms with Crippen LogP contribution in [0.4, 0.5) is 17.1 Å². The maximum absolute atomic E-state index is 12.9. The van der Waals surface area contributed by atoms with Crippen LogP contribution in [0.15, 0.2) is 72.9 Å². The zero-order valence-electron chi connectivity index (χ0n) is 24.8. The van der Waals surface area contributed by atoms with Gasteiger partial charge in [-0.3, -0.25) is 9.78 Å². The number of pyridine rings is 1. The summed E-state index contributed by atoms with van der Waals surface area (Å²) in [5.74, 6) is 0.592. The van der Waals surface area contributed by atoms with Crippen molar-refractivity contribution < 1.29 is 19.0 Å². The topological polar surface area (TPSA) is 133 Å². The highest BCUT2D eigenvalue weighted by Gasteiger charge is 2.22. The standard InChI is InChI=1S/C34H31ClN6O4/c1-41(2)13-4-7-31(42)40-34-30(45-26-12-14-43-21-26)11-9-27-32(24(18-37)19-38-33(27)34)39-25-8-10-29(28(35)16-25)44-20-23-6-3-5-22(15-23)17-36/h3-11,15-16,19,26H,12-14,20-21H2,1-2H3,(H,38,39)(H,40,42)/b7-4+. The highest BCUT2D eigenvalue weighted by molar-refractivity contribution is 6.32. The zero-order valence-corrected chi connectivity index (χ0v) is 25.6. The van der Waals surface area contributed by atoms with Crippen LogP contribution in [0.25, 0.3) is 10.9 Å². The Balaban J connectivity index is 1.45. The van der Waals surface area contributed by atoms with Gasteiger partial charge in [0.15, 0.2) is 0 Å². The molecule has 1 unspecified atom stereocenters. The number of anilines is 3. The highest BCUT2D eigenvalue weighted by Crippen LogP contribution is 2.39. The molecule has 1 amide bonds. The maximum Gasteiger partial charge on any atom is 0.248 e. The lowest BCUT2D eigenvalue weighted by Gasteiger charge is -2.19. The van der Waals surface area contributed by atoms with Gasteiger partial charge in [0, 0.05) is 36.3 Å². The van der Waals surface area contributed by atoms with Gasteiger partial charge in [-0.25, -0.2) is 0 Å². The largest absolute Gasteiger partial charge is 0.487 e. The Morgan fingerprint density at radius 1 is 1.13 bits per heavy atom. The molecule has 0 bridgehead atoms. The van der Waals surface area contributed by atoms with Gasteiger partial charge in [-0.15, -0.1) is 0 Å². The smallest absolute Gasteiger partial charge is 0.248 e. The number of hydrogen-bond donors (Lipinski definition) is 2. The number of carbonyl (C=O) groups is 1. The summed E-state index contributed by atoms with van der Waals surface area (Å²) in [6, 6.07) is 20.3. The van der Waals surface area contributed by atoms with E-state index in [1.54, 1.807) is 48.5 Å². The molecule has 4 aromatic rings. The molecule has 1 aliphatic heterocycles. The predicted octanol–water partition coefficient (Wildman–Crippen LogP) is 6.18. The fraction of sp³-hybridized carbons (Fsp3) is 0.235. The van der Waals surface area contributed by atoms with E-state index in [-0.39, 0.29) is 18.6 Å². The Morgan fingerprint density at radius 2 is 1.98 bits per heavy atom. The van der Waals surface area contributed by atoms with Crippen LogP contribution in [0.5, 0.6) is 11.5 Å². The molecule has 11 heteroatoms. The fourth-order valence-corrected chi connectivity index (χ4v) is 4.97. The van der Waals surface area contributed by atoms with Crippen LogP contribution in [-0.4, -0.2) is 55.7 Å². The van der Waals surface area contributed by atoms with E-state index < -0.39 is 0 Å². The van der Waals surface area contributed by atoms with Crippen molar-refractivity contribution in [2.24, 2.45) is 0 Å². The van der Waals surface area contributed by atoms with Crippen LogP contribution >= 0.6 is 11.6 Å². The van der Waals surface area contributed by atoms with E-state index in [2.05, 4.69) is 27.8 Å². The lowest BCUT2D eigenvalue weighted by molar-refractivity contribution is -0.111. The lowest BCUT2D eigenvalue weighted by Crippen LogP contribution is -2.18. The number of nitrogens with zero attached hydrogens (tertiary/aromatic N) is 4. The van der Waals surface area contributed by atoms with Gasteiger partial charge in [0.1, 0.15) is 36.0 Å². The summed E-state index contributed by atoms with van der Waals surface area (Å²) < 4.78 is 17.6. The minimum Gasteiger partial charge on any atom is -0.487 e. The molecule has 228 valence electrons. The van der Waals surface area contributed by atoms with Gasteiger partial charge in [-0.1, -0.05) is 29.8 Å². The van der Waals surface area contributed by atoms with E-state index in [1.165, 1.54) is 12.3 Å². The molecule has 10 nitrogen and oxygen atoms in total. The molecule has 45 heavy (non-hydrogen) atoms. The second-order valence-electron chi connectivity index (χ2n) is 10.6. The average Bonchev–Trinajstić information content (AvgIpc) is 3.55. The third kappa shape index (κ3) is 7.88. The van der Waals surface area contributed by atoms with Gasteiger partial charge in [-0.2, -0.15) is 10.5 Å². The number of hydrogen-bond acceptors (Lipinski definition) is 9. The maximum atomic E-state index is 12.9. The minimum absolute atomic E-state index is 0.156. The molecule has 1 aromatic heterocycles. The molecule has 1 fully saturated rings. The fourth-order valence-electron chi connectivity index (χ4n) is 4.74. The van der Waals surface area contributed by atoms with Crippen molar-refractivity contribution in [3.63, 3.8) is 0 Å². The van der Waals surface area contributed by atoms with Gasteiger partial charge in [0.2, 0.25) is 5.91 Å². The number of ether oxygens (including phenoxy) is 3. The molecule has 1 aliphatic rings. The number of aromatic nitrogens is 1. The molecular weight excluding hydrogens is 592 g/mol. The number of rotatable bonds is 11. The summed E-state index contributed by atoms with van der Waals surface area (Å²) >= 11 is 6.58. The third-order valence-electron chi connectivity index (χ3n) is 6.94. The van der Waals surface area contributed by atoms with Crippen molar-refractivity contribution in [2.45, 2.75) is 19.1 Å². The summed E-state index contributed by atoms with van der Waals surface area (Å²) in [5.41, 5.74) is 3.65. The van der Waals surface area contributed by atoms with Gasteiger partial charge in [-0.05, 0) is 62.1 Å². The predicted molar refractivity (Wildman–Crippen MR) is 173 cm³/mol. The Labute approximate surface area is 266 Å². The molecule has 1 atom stereocenters. The molecular formula is C34H31ClN6O4. The third-order valence-corrected chi connectivity index (χ3v) is 7.24. The molecule has 2 heterocycles. The number of amides is 1. The van der Waals surface area contributed by atoms with Crippen LogP contribution in [0.2, 0.25) is 5.02 Å². The number of nitrogens with one attached hydrogen (secondary N) is 2. The summed E-state index contributed by atoms with van der Waals surface area (Å²) in [6.45, 7) is 1.90. The molecule has 2 N–H and O–H groups in total. The van der Waals surface area contributed by atoms with Crippen molar-refractivity contribution in [1.29, 1.82) is 10.5 Å². The monoisotopic (exact) mass is 622 g/mol. The van der Waals surface area contributed by atoms with Gasteiger partial charge in [0.05, 0.1) is 46.6 Å². The first-order chi connectivity index (χ1) is 21.8. The van der Waals surface area contributed by atoms with E-state index in [0.717, 1.165) is 12.0 Å². The van der Waals surface area contributed by atoms with E-state index in [4.69, 9.17) is 31.1 Å². The van der Waals surface area contributed by atoms with Crippen LogP contribution in [0, 0.1) is 22.7 Å². The Hall–Kier alpha value is -5.13. The van der Waals surface area contributed by atoms with Crippen LogP contribution < -0.4 is 20.1 Å². The number of likely N-dealkylation sites (N-methyl/N-ethyl adjacent to an activating group) is 1. The quantitative estimate of drug-likeness (QED) is 0.188. The van der Waals surface area contributed by atoms with E-state index >= 15 is 0 Å². The van der Waals surface area contributed by atoms with Crippen LogP contribution in [0.3, 0.4) is 0 Å². The van der Waals surface area contributed by atoms with E-state index in [9.17, 15) is 10.1 Å². The molecule has 5 rings (SSSR count). The first-order valence-electron chi connectivity index (χ1n) is 14.3. The minimum atomic E-state index is -0.334. The van der Waals surface area contributed by atoms with Crippen LogP contribution in [0.1, 0.15) is 23.1 Å². The van der Waals surface area contributed by atoms with Gasteiger partial charge in [0.25, 0.3) is 0 Å². The molecule has 0 saturated carbocycles. The summed E-state index contributed by atoms with van der Waals surface area (Å²) in [6.07, 6.45) is 5.26. The van der Waals surface area contributed by atoms with Gasteiger partial charge >= 0.3 is 0 Å². The normalized spacial score (nSPS) is 14.3. The Morgan fingerprint density at radius 3 is 2.71 bits per heavy atom. The van der Waals surface area contributed by atoms with E-state index in [0.29, 0.717) is 75.4 Å². The highest BCUT2D eigenvalue weighted by atomic mass is 35.5. The Kier molecular flexibility index (Phi) is 10.1. The first kappa shape index (κ1) is 31.3. The number of nitriles is 2. The number of fused-ring (bicyclic) bond motifs is 1. The first-order valence-corrected chi connectivity index (χ1v) is 14.6. The molecule has 1 saturated heterocycles. The van der Waals surface area contributed by atoms with Crippen molar-refractivity contribution in [3.05, 3.63) is 94.7 Å². The molecule has 0 aliphatic carbocycles. The number of benzene rings is 3. The molecule has 0 spiro atoms. The van der Waals surface area contributed by atoms with Crippen molar-refractivity contribution in [3.8, 4) is 23.6 Å². The van der Waals surface area contributed by atoms with Crippen molar-refractivity contribution >= 4 is 45.5 Å². The Bertz CT molecular complexity index is 1820. The van der Waals surface area contributed by atoms with Crippen LogP contribution in [-0.2, 0) is 16.1 Å². The average molecular weight is 623 g/mol. The number of carbonyl (C=O) groups excluding carboxylic acids is 1. The molecule has 3 aromatic carbocycles. The SMILES string of the molecule is CN(C)C/C=C/C(=O)Nc1c(OC2CCOC2)ccc2c(Nc3ccc(OCc4cccc(C#N)c4)c(Cl)c3)c(C#N)cnc12. The summed E-state index contributed by atoms with van der Waals surface area (Å²) in [4.78, 5) is 19.4. The van der Waals surface area contributed by atoms with Gasteiger partial charge < -0.3 is 29.7 Å². The second kappa shape index (κ2) is 14.6. The molecule has 0 radical (unpaired) electrons. The van der Waals surface area contributed by atoms with E-state index in [1.807, 2.05) is 31.1 Å². The second-order valence-corrected chi connectivity index (χ2v) is 11.0. The lowest BCUT2D eigenvalue weighted by atomic mass is 10.1. The summed E-state index contributed by atoms with van der Waals surface area (Å²) in [5, 5.41) is 26.3. The summed E-state index contributed by atoms with van der Waals surface area (Å²) in [7, 11) is 3.83. The van der Waals surface area contributed by atoms with Crippen molar-refractivity contribution in [2.75, 3.05) is 44.5 Å². The zero-order chi connectivity index (χ0) is 31.8. The van der Waals surface area contributed by atoms with Crippen molar-refractivity contribution in [1.82, 2.24) is 9.88 Å². The number of halogens is 1.